The molecule has 2 aliphatic rings. The minimum Gasteiger partial charge on any atom is -0.391 e. The monoisotopic (exact) mass is 308 g/mol. The zero-order valence-electron chi connectivity index (χ0n) is 12.8. The predicted octanol–water partition coefficient (Wildman–Crippen LogP) is 2.04. The maximum Gasteiger partial charge on any atom is 0.255 e. The summed E-state index contributed by atoms with van der Waals surface area (Å²) in [5.74, 6) is 0.170. The second-order valence-corrected chi connectivity index (χ2v) is 7.68. The number of hydrogen-bond acceptors (Lipinski definition) is 4. The van der Waals surface area contributed by atoms with E-state index < -0.39 is 0 Å². The minimum atomic E-state index is -0.172. The molecule has 2 heterocycles. The van der Waals surface area contributed by atoms with Gasteiger partial charge < -0.3 is 10.0 Å². The second-order valence-electron chi connectivity index (χ2n) is 6.22. The minimum absolute atomic E-state index is 0.170. The lowest BCUT2D eigenvalue weighted by atomic mass is 10.1. The van der Waals surface area contributed by atoms with Crippen LogP contribution in [0.2, 0.25) is 0 Å². The van der Waals surface area contributed by atoms with Crippen LogP contribution in [-0.4, -0.2) is 59.1 Å². The van der Waals surface area contributed by atoms with E-state index in [0.717, 1.165) is 55.9 Å². The fourth-order valence-corrected chi connectivity index (χ4v) is 4.53. The SMILES string of the molecule is Cc1cc(C(=O)N2CCN(C3CCCC3O)CC2)c(C)s1. The largest absolute Gasteiger partial charge is 0.391 e. The van der Waals surface area contributed by atoms with Crippen molar-refractivity contribution in [2.75, 3.05) is 26.2 Å². The quantitative estimate of drug-likeness (QED) is 0.909. The number of carbonyl (C=O) groups excluding carboxylic acids is 1. The molecule has 1 aromatic rings. The van der Waals surface area contributed by atoms with Crippen LogP contribution in [0.4, 0.5) is 0 Å². The van der Waals surface area contributed by atoms with Crippen LogP contribution in [0.25, 0.3) is 0 Å². The lowest BCUT2D eigenvalue weighted by molar-refractivity contribution is 0.0315. The highest BCUT2D eigenvalue weighted by Crippen LogP contribution is 2.26. The predicted molar refractivity (Wildman–Crippen MR) is 84.9 cm³/mol. The van der Waals surface area contributed by atoms with Crippen molar-refractivity contribution in [3.63, 3.8) is 0 Å². The normalized spacial score (nSPS) is 27.3. The highest BCUT2D eigenvalue weighted by molar-refractivity contribution is 7.12. The summed E-state index contributed by atoms with van der Waals surface area (Å²) in [5, 5.41) is 10.0. The van der Waals surface area contributed by atoms with Crippen LogP contribution in [0.1, 0.15) is 39.4 Å². The molecule has 1 aromatic heterocycles. The van der Waals surface area contributed by atoms with Crippen molar-refractivity contribution in [1.82, 2.24) is 9.80 Å². The molecule has 5 heteroatoms. The number of aliphatic hydroxyl groups excluding tert-OH is 1. The molecule has 1 saturated carbocycles. The van der Waals surface area contributed by atoms with Crippen molar-refractivity contribution in [2.45, 2.75) is 45.3 Å². The number of aliphatic hydroxyl groups is 1. The first-order valence-corrected chi connectivity index (χ1v) is 8.66. The third-order valence-electron chi connectivity index (χ3n) is 4.79. The van der Waals surface area contributed by atoms with Gasteiger partial charge in [0.25, 0.3) is 5.91 Å². The van der Waals surface area contributed by atoms with E-state index in [1.54, 1.807) is 11.3 Å². The van der Waals surface area contributed by atoms with Crippen LogP contribution in [0.5, 0.6) is 0 Å². The van der Waals surface area contributed by atoms with Gasteiger partial charge in [-0.2, -0.15) is 0 Å². The van der Waals surface area contributed by atoms with Gasteiger partial charge in [-0.05, 0) is 39.2 Å². The first-order chi connectivity index (χ1) is 10.1. The van der Waals surface area contributed by atoms with Gasteiger partial charge in [0.05, 0.1) is 11.7 Å². The summed E-state index contributed by atoms with van der Waals surface area (Å²) >= 11 is 1.69. The summed E-state index contributed by atoms with van der Waals surface area (Å²) < 4.78 is 0. The number of hydrogen-bond donors (Lipinski definition) is 1. The third-order valence-corrected chi connectivity index (χ3v) is 5.75. The van der Waals surface area contributed by atoms with E-state index in [0.29, 0.717) is 6.04 Å². The van der Waals surface area contributed by atoms with Crippen LogP contribution in [0, 0.1) is 13.8 Å². The van der Waals surface area contributed by atoms with Gasteiger partial charge in [-0.3, -0.25) is 9.69 Å². The highest BCUT2D eigenvalue weighted by atomic mass is 32.1. The van der Waals surface area contributed by atoms with Gasteiger partial charge in [0.2, 0.25) is 0 Å². The number of nitrogens with zero attached hydrogens (tertiary/aromatic N) is 2. The number of carbonyl (C=O) groups is 1. The summed E-state index contributed by atoms with van der Waals surface area (Å²) in [7, 11) is 0. The summed E-state index contributed by atoms with van der Waals surface area (Å²) in [6.07, 6.45) is 2.97. The molecule has 1 aliphatic carbocycles. The Balaban J connectivity index is 1.60. The molecule has 3 rings (SSSR count). The highest BCUT2D eigenvalue weighted by Gasteiger charge is 2.33. The molecule has 1 amide bonds. The lowest BCUT2D eigenvalue weighted by Gasteiger charge is -2.39. The third kappa shape index (κ3) is 3.00. The summed E-state index contributed by atoms with van der Waals surface area (Å²) in [4.78, 5) is 19.2. The molecule has 0 aromatic carbocycles. The molecule has 1 N–H and O–H groups in total. The molecule has 4 nitrogen and oxygen atoms in total. The summed E-state index contributed by atoms with van der Waals surface area (Å²) in [5.41, 5.74) is 0.867. The molecule has 2 atom stereocenters. The van der Waals surface area contributed by atoms with Crippen molar-refractivity contribution in [3.05, 3.63) is 21.4 Å². The Morgan fingerprint density at radius 3 is 2.48 bits per heavy atom. The molecular weight excluding hydrogens is 284 g/mol. The molecule has 0 radical (unpaired) electrons. The Morgan fingerprint density at radius 1 is 1.24 bits per heavy atom. The van der Waals surface area contributed by atoms with E-state index in [1.807, 2.05) is 24.8 Å². The average molecular weight is 308 g/mol. The molecular formula is C16H24N2O2S. The second kappa shape index (κ2) is 6.07. The van der Waals surface area contributed by atoms with Gasteiger partial charge in [-0.15, -0.1) is 11.3 Å². The van der Waals surface area contributed by atoms with Crippen LogP contribution in [0.3, 0.4) is 0 Å². The Bertz CT molecular complexity index is 520. The van der Waals surface area contributed by atoms with E-state index in [4.69, 9.17) is 0 Å². The van der Waals surface area contributed by atoms with E-state index in [-0.39, 0.29) is 12.0 Å². The topological polar surface area (TPSA) is 43.8 Å². The lowest BCUT2D eigenvalue weighted by Crippen LogP contribution is -2.53. The fraction of sp³-hybridized carbons (Fsp3) is 0.688. The van der Waals surface area contributed by atoms with Crippen molar-refractivity contribution in [3.8, 4) is 0 Å². The zero-order valence-corrected chi connectivity index (χ0v) is 13.7. The molecule has 0 spiro atoms. The first-order valence-electron chi connectivity index (χ1n) is 7.84. The van der Waals surface area contributed by atoms with Gasteiger partial charge in [0.1, 0.15) is 0 Å². The molecule has 116 valence electrons. The first kappa shape index (κ1) is 15.0. The van der Waals surface area contributed by atoms with Crippen molar-refractivity contribution in [2.24, 2.45) is 0 Å². The zero-order chi connectivity index (χ0) is 15.0. The molecule has 1 saturated heterocycles. The van der Waals surface area contributed by atoms with Crippen LogP contribution >= 0.6 is 11.3 Å². The van der Waals surface area contributed by atoms with Crippen molar-refractivity contribution < 1.29 is 9.90 Å². The van der Waals surface area contributed by atoms with E-state index in [1.165, 1.54) is 4.88 Å². The Kier molecular flexibility index (Phi) is 4.33. The van der Waals surface area contributed by atoms with Gasteiger partial charge in [-0.25, -0.2) is 0 Å². The number of amides is 1. The van der Waals surface area contributed by atoms with Gasteiger partial charge in [0.15, 0.2) is 0 Å². The number of thiophene rings is 1. The van der Waals surface area contributed by atoms with Crippen molar-refractivity contribution >= 4 is 17.2 Å². The van der Waals surface area contributed by atoms with Gasteiger partial charge in [-0.1, -0.05) is 0 Å². The maximum atomic E-state index is 12.6. The Labute approximate surface area is 130 Å². The molecule has 21 heavy (non-hydrogen) atoms. The van der Waals surface area contributed by atoms with Crippen LogP contribution < -0.4 is 0 Å². The Morgan fingerprint density at radius 2 is 1.95 bits per heavy atom. The van der Waals surface area contributed by atoms with Gasteiger partial charge in [0, 0.05) is 42.0 Å². The van der Waals surface area contributed by atoms with E-state index in [9.17, 15) is 9.90 Å². The Hall–Kier alpha value is -0.910. The number of rotatable bonds is 2. The number of piperazine rings is 1. The molecule has 2 fully saturated rings. The van der Waals surface area contributed by atoms with Crippen LogP contribution in [-0.2, 0) is 0 Å². The van der Waals surface area contributed by atoms with E-state index in [2.05, 4.69) is 4.90 Å². The summed E-state index contributed by atoms with van der Waals surface area (Å²) in [6, 6.07) is 2.32. The van der Waals surface area contributed by atoms with Crippen molar-refractivity contribution in [1.29, 1.82) is 0 Å². The standard InChI is InChI=1S/C16H24N2O2S/c1-11-10-13(12(2)21-11)16(20)18-8-6-17(7-9-18)14-4-3-5-15(14)19/h10,14-15,19H,3-9H2,1-2H3. The summed E-state index contributed by atoms with van der Waals surface area (Å²) in [6.45, 7) is 7.39. The average Bonchev–Trinajstić information content (AvgIpc) is 3.04. The molecule has 1 aliphatic heterocycles. The maximum absolute atomic E-state index is 12.6. The van der Waals surface area contributed by atoms with E-state index >= 15 is 0 Å². The van der Waals surface area contributed by atoms with Gasteiger partial charge >= 0.3 is 0 Å². The fourth-order valence-electron chi connectivity index (χ4n) is 3.62. The smallest absolute Gasteiger partial charge is 0.255 e. The van der Waals surface area contributed by atoms with Crippen LogP contribution in [0.15, 0.2) is 6.07 Å². The number of aryl methyl sites for hydroxylation is 2. The molecule has 2 unspecified atom stereocenters. The molecule has 0 bridgehead atoms.